The lowest BCUT2D eigenvalue weighted by atomic mass is 10.2. The quantitative estimate of drug-likeness (QED) is 0.695. The smallest absolute Gasteiger partial charge is 0.265 e. The molecule has 1 amide bonds. The molecular formula is C16H17N5O. The summed E-state index contributed by atoms with van der Waals surface area (Å²) >= 11 is 0. The van der Waals surface area contributed by atoms with E-state index in [-0.39, 0.29) is 5.91 Å². The fourth-order valence-corrected chi connectivity index (χ4v) is 2.44. The number of aromatic nitrogens is 3. The zero-order chi connectivity index (χ0) is 15.7. The van der Waals surface area contributed by atoms with Crippen molar-refractivity contribution >= 4 is 17.2 Å². The number of benzene rings is 1. The van der Waals surface area contributed by atoms with Gasteiger partial charge in [0.15, 0.2) is 11.3 Å². The average Bonchev–Trinajstić information content (AvgIpc) is 2.83. The first-order chi connectivity index (χ1) is 10.6. The number of nitrogens with zero attached hydrogens (tertiary/aromatic N) is 5. The lowest BCUT2D eigenvalue weighted by Crippen LogP contribution is -2.43. The van der Waals surface area contributed by atoms with Gasteiger partial charge in [0.1, 0.15) is 0 Å². The summed E-state index contributed by atoms with van der Waals surface area (Å²) < 4.78 is 1.58. The van der Waals surface area contributed by atoms with Crippen molar-refractivity contribution in [1.82, 2.24) is 19.6 Å². The van der Waals surface area contributed by atoms with E-state index in [0.717, 1.165) is 5.69 Å². The largest absolute Gasteiger partial charge is 0.293 e. The second kappa shape index (κ2) is 5.57. The minimum Gasteiger partial charge on any atom is -0.265 e. The Morgan fingerprint density at radius 1 is 1.09 bits per heavy atom. The van der Waals surface area contributed by atoms with Crippen molar-refractivity contribution in [1.29, 1.82) is 0 Å². The van der Waals surface area contributed by atoms with Crippen molar-refractivity contribution in [3.63, 3.8) is 0 Å². The summed E-state index contributed by atoms with van der Waals surface area (Å²) in [5.74, 6) is -0.167. The molecule has 112 valence electrons. The fraction of sp³-hybridized carbons (Fsp3) is 0.188. The highest BCUT2D eigenvalue weighted by atomic mass is 16.2. The van der Waals surface area contributed by atoms with Gasteiger partial charge in [0.05, 0.1) is 11.4 Å². The Labute approximate surface area is 128 Å². The molecule has 0 aliphatic rings. The first-order valence-electron chi connectivity index (χ1n) is 6.96. The van der Waals surface area contributed by atoms with Crippen LogP contribution in [0.15, 0.2) is 48.7 Å². The Hall–Kier alpha value is -2.73. The van der Waals surface area contributed by atoms with Crippen LogP contribution in [-0.4, -0.2) is 39.6 Å². The van der Waals surface area contributed by atoms with Crippen LogP contribution in [0.5, 0.6) is 0 Å². The molecule has 6 heteroatoms. The van der Waals surface area contributed by atoms with Crippen molar-refractivity contribution in [3.05, 3.63) is 60.0 Å². The number of amides is 1. The number of imidazole rings is 1. The molecule has 0 spiro atoms. The van der Waals surface area contributed by atoms with E-state index >= 15 is 0 Å². The molecule has 6 nitrogen and oxygen atoms in total. The van der Waals surface area contributed by atoms with Crippen molar-refractivity contribution in [2.75, 3.05) is 19.1 Å². The molecule has 1 aromatic carbocycles. The van der Waals surface area contributed by atoms with Gasteiger partial charge in [-0.2, -0.15) is 5.10 Å². The number of anilines is 1. The van der Waals surface area contributed by atoms with E-state index in [1.54, 1.807) is 26.8 Å². The average molecular weight is 295 g/mol. The molecule has 0 aliphatic carbocycles. The van der Waals surface area contributed by atoms with E-state index in [2.05, 4.69) is 10.1 Å². The highest BCUT2D eigenvalue weighted by molar-refractivity contribution is 6.05. The van der Waals surface area contributed by atoms with Crippen LogP contribution < -0.4 is 5.01 Å². The molecule has 0 N–H and O–H groups in total. The van der Waals surface area contributed by atoms with Crippen molar-refractivity contribution in [2.45, 2.75) is 6.92 Å². The molecule has 2 heterocycles. The molecule has 3 rings (SSSR count). The fourth-order valence-electron chi connectivity index (χ4n) is 2.44. The summed E-state index contributed by atoms with van der Waals surface area (Å²) in [5, 5.41) is 7.60. The maximum absolute atomic E-state index is 13.1. The number of rotatable bonds is 3. The number of fused-ring (bicyclic) bond motifs is 1. The Balaban J connectivity index is 2.12. The summed E-state index contributed by atoms with van der Waals surface area (Å²) in [5.41, 5.74) is 2.58. The monoisotopic (exact) mass is 295 g/mol. The maximum atomic E-state index is 13.1. The van der Waals surface area contributed by atoms with E-state index < -0.39 is 0 Å². The zero-order valence-electron chi connectivity index (χ0n) is 12.8. The summed E-state index contributed by atoms with van der Waals surface area (Å²) in [4.78, 5) is 17.5. The van der Waals surface area contributed by atoms with E-state index in [1.165, 1.54) is 0 Å². The van der Waals surface area contributed by atoms with Gasteiger partial charge in [0, 0.05) is 20.3 Å². The molecule has 0 atom stereocenters. The van der Waals surface area contributed by atoms with Crippen molar-refractivity contribution < 1.29 is 4.79 Å². The first kappa shape index (κ1) is 14.2. The third-order valence-electron chi connectivity index (χ3n) is 3.36. The van der Waals surface area contributed by atoms with Crippen LogP contribution in [-0.2, 0) is 0 Å². The molecule has 0 radical (unpaired) electrons. The predicted octanol–water partition coefficient (Wildman–Crippen LogP) is 2.16. The summed E-state index contributed by atoms with van der Waals surface area (Å²) in [6, 6.07) is 13.1. The van der Waals surface area contributed by atoms with Crippen LogP contribution in [0.4, 0.5) is 5.69 Å². The van der Waals surface area contributed by atoms with Gasteiger partial charge in [0.25, 0.3) is 5.91 Å². The van der Waals surface area contributed by atoms with Gasteiger partial charge >= 0.3 is 0 Å². The van der Waals surface area contributed by atoms with E-state index in [0.29, 0.717) is 17.0 Å². The van der Waals surface area contributed by atoms with Crippen LogP contribution in [0, 0.1) is 6.92 Å². The minimum absolute atomic E-state index is 0.167. The van der Waals surface area contributed by atoms with Gasteiger partial charge < -0.3 is 0 Å². The SMILES string of the molecule is Cc1nc2cccnn2c1C(=O)N(c1ccccc1)N(C)C. The van der Waals surface area contributed by atoms with E-state index in [4.69, 9.17) is 0 Å². The van der Waals surface area contributed by atoms with E-state index in [1.807, 2.05) is 57.4 Å². The third-order valence-corrected chi connectivity index (χ3v) is 3.36. The van der Waals surface area contributed by atoms with Gasteiger partial charge in [-0.05, 0) is 31.2 Å². The van der Waals surface area contributed by atoms with Crippen molar-refractivity contribution in [2.24, 2.45) is 0 Å². The Kier molecular flexibility index (Phi) is 3.60. The molecule has 0 fully saturated rings. The van der Waals surface area contributed by atoms with Crippen LogP contribution >= 0.6 is 0 Å². The van der Waals surface area contributed by atoms with Crippen molar-refractivity contribution in [3.8, 4) is 0 Å². The molecule has 0 unspecified atom stereocenters. The topological polar surface area (TPSA) is 53.7 Å². The number of hydrogen-bond donors (Lipinski definition) is 0. The first-order valence-corrected chi connectivity index (χ1v) is 6.96. The van der Waals surface area contributed by atoms with Crippen LogP contribution in [0.3, 0.4) is 0 Å². The number of hydrazine groups is 1. The second-order valence-electron chi connectivity index (χ2n) is 5.14. The van der Waals surface area contributed by atoms with Gasteiger partial charge in [-0.1, -0.05) is 18.2 Å². The van der Waals surface area contributed by atoms with Crippen LogP contribution in [0.2, 0.25) is 0 Å². The molecule has 0 aliphatic heterocycles. The summed E-state index contributed by atoms with van der Waals surface area (Å²) in [7, 11) is 3.66. The zero-order valence-corrected chi connectivity index (χ0v) is 12.8. The highest BCUT2D eigenvalue weighted by Gasteiger charge is 2.26. The normalized spacial score (nSPS) is 11.1. The minimum atomic E-state index is -0.167. The lowest BCUT2D eigenvalue weighted by Gasteiger charge is -2.28. The van der Waals surface area contributed by atoms with Gasteiger partial charge in [-0.15, -0.1) is 0 Å². The Morgan fingerprint density at radius 2 is 1.82 bits per heavy atom. The highest BCUT2D eigenvalue weighted by Crippen LogP contribution is 2.20. The number of para-hydroxylation sites is 1. The molecule has 2 aromatic heterocycles. The van der Waals surface area contributed by atoms with E-state index in [9.17, 15) is 4.79 Å². The lowest BCUT2D eigenvalue weighted by molar-refractivity contribution is 0.0922. The molecular weight excluding hydrogens is 278 g/mol. The molecule has 0 saturated heterocycles. The summed E-state index contributed by atoms with van der Waals surface area (Å²) in [6.45, 7) is 1.82. The third kappa shape index (κ3) is 2.33. The number of carbonyl (C=O) groups is 1. The number of carbonyl (C=O) groups excluding carboxylic acids is 1. The molecule has 22 heavy (non-hydrogen) atoms. The Bertz CT molecular complexity index is 810. The number of hydrogen-bond acceptors (Lipinski definition) is 4. The maximum Gasteiger partial charge on any atom is 0.293 e. The second-order valence-corrected chi connectivity index (χ2v) is 5.14. The van der Waals surface area contributed by atoms with Gasteiger partial charge in [0.2, 0.25) is 0 Å². The summed E-state index contributed by atoms with van der Waals surface area (Å²) in [6.07, 6.45) is 1.65. The van der Waals surface area contributed by atoms with Crippen LogP contribution in [0.25, 0.3) is 5.65 Å². The standard InChI is InChI=1S/C16H17N5O/c1-12-15(20-14(18-12)10-7-11-17-20)16(22)21(19(2)3)13-8-5-4-6-9-13/h4-11H,1-3H3. The van der Waals surface area contributed by atoms with Crippen LogP contribution in [0.1, 0.15) is 16.2 Å². The number of aryl methyl sites for hydroxylation is 1. The molecule has 0 bridgehead atoms. The predicted molar refractivity (Wildman–Crippen MR) is 84.7 cm³/mol. The Morgan fingerprint density at radius 3 is 2.50 bits per heavy atom. The molecule has 3 aromatic rings. The van der Waals surface area contributed by atoms with Gasteiger partial charge in [-0.25, -0.2) is 19.5 Å². The molecule has 0 saturated carbocycles. The van der Waals surface area contributed by atoms with Gasteiger partial charge in [-0.3, -0.25) is 4.79 Å².